The van der Waals surface area contributed by atoms with Gasteiger partial charge in [-0.1, -0.05) is 101 Å². The zero-order valence-electron chi connectivity index (χ0n) is 27.6. The van der Waals surface area contributed by atoms with Gasteiger partial charge in [0, 0.05) is 35.1 Å². The Morgan fingerprint density at radius 3 is 2.15 bits per heavy atom. The number of hydrogen-bond acceptors (Lipinski definition) is 6. The number of ether oxygens (including phenoxy) is 2. The minimum Gasteiger partial charge on any atom is -0.550 e. The van der Waals surface area contributed by atoms with E-state index in [4.69, 9.17) is 9.47 Å². The summed E-state index contributed by atoms with van der Waals surface area (Å²) in [5.74, 6) is -0.0313. The van der Waals surface area contributed by atoms with E-state index in [1.54, 1.807) is 0 Å². The van der Waals surface area contributed by atoms with Crippen LogP contribution in [0, 0.1) is 5.92 Å². The van der Waals surface area contributed by atoms with Crippen molar-refractivity contribution >= 4 is 23.5 Å². The van der Waals surface area contributed by atoms with Crippen LogP contribution in [0.1, 0.15) is 119 Å². The molecule has 5 rings (SSSR count). The van der Waals surface area contributed by atoms with Crippen LogP contribution in [0.15, 0.2) is 66.7 Å². The van der Waals surface area contributed by atoms with Gasteiger partial charge in [-0.15, -0.1) is 0 Å². The number of carboxylic acid groups (broad SMARTS) is 1. The first-order valence-electron chi connectivity index (χ1n) is 16.3. The van der Waals surface area contributed by atoms with Gasteiger partial charge in [-0.25, -0.2) is 0 Å². The van der Waals surface area contributed by atoms with Crippen molar-refractivity contribution in [1.29, 1.82) is 0 Å². The molecule has 0 radical (unpaired) electrons. The molecule has 1 saturated carbocycles. The molecule has 238 valence electrons. The summed E-state index contributed by atoms with van der Waals surface area (Å²) in [4.78, 5) is 37.5. The molecule has 1 heterocycles. The van der Waals surface area contributed by atoms with E-state index in [0.29, 0.717) is 18.0 Å². The molecule has 1 aliphatic heterocycles. The molecule has 0 spiro atoms. The molecule has 1 aliphatic carbocycles. The van der Waals surface area contributed by atoms with Crippen molar-refractivity contribution in [3.05, 3.63) is 89.0 Å². The molecule has 46 heavy (non-hydrogen) atoms. The standard InChI is InChI=1S/C38H45NO6.Na/c1-38(2,3)30-19-18-26(32(45-37(43)22-21-36(41)42)20-17-25-11-5-4-6-12-25)23-31(30)39-35(40)24-29-27-13-7-9-15-33(27)44-34-16-10-8-14-28(29)34;/h7-10,13-16,18-19,23,25,29,32H,4-6,11-12,17,20-22,24H2,1-3H3,(H,39,40)(H,41,42);/q;+1/p-1. The average Bonchev–Trinajstić information content (AvgIpc) is 3.02. The van der Waals surface area contributed by atoms with E-state index < -0.39 is 18.0 Å². The average molecular weight is 634 g/mol. The van der Waals surface area contributed by atoms with Crippen LogP contribution >= 0.6 is 0 Å². The molecular formula is C38H44NNaO6. The summed E-state index contributed by atoms with van der Waals surface area (Å²) >= 11 is 0. The second kappa shape index (κ2) is 16.1. The van der Waals surface area contributed by atoms with Gasteiger partial charge in [-0.05, 0) is 59.9 Å². The maximum absolute atomic E-state index is 13.8. The predicted octanol–water partition coefficient (Wildman–Crippen LogP) is 4.73. The molecule has 7 nitrogen and oxygen atoms in total. The van der Waals surface area contributed by atoms with Crippen molar-refractivity contribution in [2.45, 2.75) is 102 Å². The molecule has 1 amide bonds. The third-order valence-electron chi connectivity index (χ3n) is 9.06. The zero-order valence-corrected chi connectivity index (χ0v) is 29.6. The van der Waals surface area contributed by atoms with E-state index in [9.17, 15) is 19.5 Å². The van der Waals surface area contributed by atoms with Crippen LogP contribution in [0.5, 0.6) is 11.5 Å². The Kier molecular flexibility index (Phi) is 12.5. The van der Waals surface area contributed by atoms with Gasteiger partial charge in [0.15, 0.2) is 0 Å². The number of carbonyl (C=O) groups excluding carboxylic acids is 3. The fourth-order valence-electron chi connectivity index (χ4n) is 6.71. The Bertz CT molecular complexity index is 1480. The van der Waals surface area contributed by atoms with Gasteiger partial charge < -0.3 is 24.7 Å². The molecule has 0 saturated heterocycles. The number of carbonyl (C=O) groups is 3. The van der Waals surface area contributed by atoms with Crippen molar-refractivity contribution < 1.29 is 58.5 Å². The molecule has 1 unspecified atom stereocenters. The normalized spacial score (nSPS) is 15.4. The predicted molar refractivity (Wildman–Crippen MR) is 172 cm³/mol. The molecule has 0 aromatic heterocycles. The molecule has 1 N–H and O–H groups in total. The quantitative estimate of drug-likeness (QED) is 0.242. The second-order valence-corrected chi connectivity index (χ2v) is 13.5. The summed E-state index contributed by atoms with van der Waals surface area (Å²) in [5, 5.41) is 14.2. The summed E-state index contributed by atoms with van der Waals surface area (Å²) in [6, 6.07) is 21.6. The number of esters is 1. The smallest absolute Gasteiger partial charge is 0.550 e. The number of fused-ring (bicyclic) bond motifs is 2. The number of benzene rings is 3. The fraction of sp³-hybridized carbons (Fsp3) is 0.447. The molecular weight excluding hydrogens is 589 g/mol. The van der Waals surface area contributed by atoms with Crippen molar-refractivity contribution in [1.82, 2.24) is 0 Å². The van der Waals surface area contributed by atoms with Crippen molar-refractivity contribution in [2.24, 2.45) is 5.92 Å². The van der Waals surface area contributed by atoms with Crippen molar-refractivity contribution in [2.75, 3.05) is 5.32 Å². The molecule has 3 aromatic rings. The van der Waals surface area contributed by atoms with Crippen molar-refractivity contribution in [3.8, 4) is 11.5 Å². The van der Waals surface area contributed by atoms with Gasteiger partial charge >= 0.3 is 35.5 Å². The Labute approximate surface area is 294 Å². The van der Waals surface area contributed by atoms with E-state index in [1.165, 1.54) is 32.1 Å². The number of rotatable bonds is 11. The molecule has 3 aromatic carbocycles. The number of hydrogen-bond donors (Lipinski definition) is 1. The topological polar surface area (TPSA) is 105 Å². The van der Waals surface area contributed by atoms with Crippen LogP contribution in [0.2, 0.25) is 0 Å². The Morgan fingerprint density at radius 2 is 1.54 bits per heavy atom. The first-order valence-corrected chi connectivity index (χ1v) is 16.3. The first kappa shape index (κ1) is 35.7. The summed E-state index contributed by atoms with van der Waals surface area (Å²) in [7, 11) is 0. The van der Waals surface area contributed by atoms with Crippen LogP contribution < -0.4 is 44.7 Å². The molecule has 8 heteroatoms. The zero-order chi connectivity index (χ0) is 32.0. The van der Waals surface area contributed by atoms with E-state index in [2.05, 4.69) is 26.1 Å². The van der Waals surface area contributed by atoms with Crippen LogP contribution in [-0.4, -0.2) is 17.8 Å². The Morgan fingerprint density at radius 1 is 0.913 bits per heavy atom. The SMILES string of the molecule is CC(C)(C)c1ccc(C(CCC2CCCCC2)OC(=O)CCC(=O)[O-])cc1NC(=O)CC1c2ccccc2Oc2ccccc21.[Na+]. The number of carboxylic acids is 1. The van der Waals surface area contributed by atoms with E-state index in [0.717, 1.165) is 40.2 Å². The van der Waals surface area contributed by atoms with Gasteiger partial charge in [-0.3, -0.25) is 9.59 Å². The van der Waals surface area contributed by atoms with Gasteiger partial charge in [0.1, 0.15) is 17.6 Å². The fourth-order valence-corrected chi connectivity index (χ4v) is 6.71. The summed E-state index contributed by atoms with van der Waals surface area (Å²) in [6.45, 7) is 6.30. The van der Waals surface area contributed by atoms with Gasteiger partial charge in [-0.2, -0.15) is 0 Å². The van der Waals surface area contributed by atoms with Gasteiger partial charge in [0.2, 0.25) is 5.91 Å². The largest absolute Gasteiger partial charge is 1.00 e. The maximum Gasteiger partial charge on any atom is 1.00 e. The van der Waals surface area contributed by atoms with Crippen LogP contribution in [-0.2, 0) is 24.5 Å². The summed E-state index contributed by atoms with van der Waals surface area (Å²) in [5.41, 5.74) is 4.14. The number of amides is 1. The summed E-state index contributed by atoms with van der Waals surface area (Å²) < 4.78 is 12.0. The Balaban J connectivity index is 0.00000480. The third kappa shape index (κ3) is 9.24. The Hall–Kier alpha value is -3.13. The number of nitrogens with one attached hydrogen (secondary N) is 1. The van der Waals surface area contributed by atoms with Crippen LogP contribution in [0.4, 0.5) is 5.69 Å². The molecule has 1 fully saturated rings. The third-order valence-corrected chi connectivity index (χ3v) is 9.06. The monoisotopic (exact) mass is 633 g/mol. The van der Waals surface area contributed by atoms with E-state index in [-0.39, 0.29) is 66.1 Å². The summed E-state index contributed by atoms with van der Waals surface area (Å²) in [6.07, 6.45) is 6.69. The van der Waals surface area contributed by atoms with E-state index in [1.807, 2.05) is 66.7 Å². The first-order chi connectivity index (χ1) is 21.6. The minimum atomic E-state index is -1.28. The van der Waals surface area contributed by atoms with Crippen LogP contribution in [0.25, 0.3) is 0 Å². The molecule has 0 bridgehead atoms. The van der Waals surface area contributed by atoms with Gasteiger partial charge in [0.25, 0.3) is 0 Å². The number of para-hydroxylation sites is 2. The minimum absolute atomic E-state index is 0. The van der Waals surface area contributed by atoms with Gasteiger partial charge in [0.05, 0.1) is 6.42 Å². The second-order valence-electron chi connectivity index (χ2n) is 13.5. The maximum atomic E-state index is 13.8. The molecule has 2 aliphatic rings. The van der Waals surface area contributed by atoms with Crippen LogP contribution in [0.3, 0.4) is 0 Å². The van der Waals surface area contributed by atoms with Crippen molar-refractivity contribution in [3.63, 3.8) is 0 Å². The number of anilines is 1. The molecule has 1 atom stereocenters. The number of aliphatic carboxylic acids is 1. The van der Waals surface area contributed by atoms with E-state index >= 15 is 0 Å².